The zero-order chi connectivity index (χ0) is 79.3. The zero-order valence-electron chi connectivity index (χ0n) is 71.3. The highest BCUT2D eigenvalue weighted by Gasteiger charge is 2.31. The minimum absolute atomic E-state index is 0.107. The van der Waals surface area contributed by atoms with Crippen LogP contribution in [0, 0.1) is 17.8 Å². The van der Waals surface area contributed by atoms with Gasteiger partial charge in [0.15, 0.2) is 12.2 Å². The highest BCUT2D eigenvalue weighted by atomic mass is 31.2. The number of hydrogen-bond acceptors (Lipinski definition) is 15. The summed E-state index contributed by atoms with van der Waals surface area (Å²) in [5.74, 6) is 0.441. The normalized spacial score (nSPS) is 14.3. The van der Waals surface area contributed by atoms with E-state index in [1.54, 1.807) is 0 Å². The maximum Gasteiger partial charge on any atom is 0.472 e. The van der Waals surface area contributed by atoms with Crippen LogP contribution in [-0.4, -0.2) is 96.7 Å². The number of phosphoric acid groups is 2. The first-order chi connectivity index (χ1) is 52.3. The van der Waals surface area contributed by atoms with Crippen molar-refractivity contribution < 1.29 is 80.2 Å². The minimum atomic E-state index is -4.97. The van der Waals surface area contributed by atoms with Crippen molar-refractivity contribution in [3.05, 3.63) is 0 Å². The number of unbranched alkanes of at least 4 members (excludes halogenated alkanes) is 53. The summed E-state index contributed by atoms with van der Waals surface area (Å²) in [4.78, 5) is 73.0. The van der Waals surface area contributed by atoms with Gasteiger partial charge in [-0.3, -0.25) is 37.3 Å². The molecule has 642 valence electrons. The first-order valence-electron chi connectivity index (χ1n) is 45.9. The molecule has 3 N–H and O–H groups in total. The summed E-state index contributed by atoms with van der Waals surface area (Å²) < 4.78 is 68.7. The van der Waals surface area contributed by atoms with Gasteiger partial charge in [0.25, 0.3) is 0 Å². The van der Waals surface area contributed by atoms with E-state index in [-0.39, 0.29) is 25.7 Å². The molecule has 0 aromatic rings. The molecule has 7 atom stereocenters. The van der Waals surface area contributed by atoms with Crippen molar-refractivity contribution in [3.8, 4) is 0 Å². The van der Waals surface area contributed by atoms with E-state index in [9.17, 15) is 43.2 Å². The van der Waals surface area contributed by atoms with Crippen LogP contribution < -0.4 is 0 Å². The molecular weight excluding hydrogens is 1400 g/mol. The minimum Gasteiger partial charge on any atom is -0.462 e. The highest BCUT2D eigenvalue weighted by molar-refractivity contribution is 7.47. The third-order valence-corrected chi connectivity index (χ3v) is 23.5. The van der Waals surface area contributed by atoms with E-state index in [2.05, 4.69) is 48.5 Å². The second kappa shape index (κ2) is 78.9. The average molecular weight is 1580 g/mol. The quantitative estimate of drug-likeness (QED) is 0.0222. The van der Waals surface area contributed by atoms with Gasteiger partial charge in [-0.05, 0) is 43.4 Å². The first-order valence-corrected chi connectivity index (χ1v) is 48.9. The molecule has 0 fully saturated rings. The van der Waals surface area contributed by atoms with Gasteiger partial charge < -0.3 is 33.8 Å². The number of rotatable bonds is 87. The van der Waals surface area contributed by atoms with E-state index >= 15 is 0 Å². The SMILES string of the molecule is CCCCCCCC(=O)OC[C@H](COP(=O)(O)OC[C@H](O)COP(=O)(O)OC[C@@H](COC(=O)CCCCCCCCCCCCCCCCCCCCC(C)CC)OC(=O)CCCCCCCCCCCCCCCCCCCCC(C)CC)OC(=O)CCCCCCCCCCCCCCCCCCC(C)C. The van der Waals surface area contributed by atoms with E-state index < -0.39 is 97.5 Å². The summed E-state index contributed by atoms with van der Waals surface area (Å²) in [6, 6.07) is 0. The number of aliphatic hydroxyl groups is 1. The van der Waals surface area contributed by atoms with Gasteiger partial charge >= 0.3 is 39.5 Å². The maximum absolute atomic E-state index is 13.2. The zero-order valence-corrected chi connectivity index (χ0v) is 73.1. The van der Waals surface area contributed by atoms with Gasteiger partial charge in [-0.1, -0.05) is 421 Å². The van der Waals surface area contributed by atoms with Crippen LogP contribution in [-0.2, 0) is 65.4 Å². The molecule has 0 saturated carbocycles. The van der Waals surface area contributed by atoms with Gasteiger partial charge in [0.2, 0.25) is 0 Å². The summed E-state index contributed by atoms with van der Waals surface area (Å²) in [5, 5.41) is 10.7. The van der Waals surface area contributed by atoms with Crippen LogP contribution in [0.5, 0.6) is 0 Å². The van der Waals surface area contributed by atoms with Crippen molar-refractivity contribution >= 4 is 39.5 Å². The lowest BCUT2D eigenvalue weighted by Crippen LogP contribution is -2.30. The Labute approximate surface area is 664 Å². The van der Waals surface area contributed by atoms with Crippen molar-refractivity contribution in [2.24, 2.45) is 17.8 Å². The molecule has 0 aromatic heterocycles. The molecule has 0 aromatic carbocycles. The molecule has 108 heavy (non-hydrogen) atoms. The van der Waals surface area contributed by atoms with Gasteiger partial charge in [-0.15, -0.1) is 0 Å². The third kappa shape index (κ3) is 79.3. The molecular formula is C89H174O17P2. The lowest BCUT2D eigenvalue weighted by atomic mass is 9.99. The van der Waals surface area contributed by atoms with Crippen LogP contribution in [0.3, 0.4) is 0 Å². The molecule has 4 unspecified atom stereocenters. The van der Waals surface area contributed by atoms with E-state index in [0.29, 0.717) is 25.7 Å². The number of esters is 4. The topological polar surface area (TPSA) is 237 Å². The van der Waals surface area contributed by atoms with Crippen LogP contribution >= 0.6 is 15.6 Å². The standard InChI is InChI=1S/C89H174O17P2/c1-8-11-12-53-63-70-86(91)99-76-84(105-88(93)72-65-58-52-46-40-34-28-22-21-23-29-35-41-47-54-60-67-80(4)5)78-103-107(95,96)101-74-83(90)75-102-108(97,98)104-79-85(106-89(94)73-66-59-51-45-39-33-27-20-16-14-18-25-31-37-43-49-56-62-69-82(7)10-3)77-100-87(92)71-64-57-50-44-38-32-26-19-15-13-17-24-30-36-42-48-55-61-68-81(6)9-2/h80-85,90H,8-79H2,1-7H3,(H,95,96)(H,97,98)/t81?,82?,83-,84+,85+/m0/s1. The van der Waals surface area contributed by atoms with Crippen LogP contribution in [0.25, 0.3) is 0 Å². The fourth-order valence-electron chi connectivity index (χ4n) is 13.8. The summed E-state index contributed by atoms with van der Waals surface area (Å²) >= 11 is 0. The van der Waals surface area contributed by atoms with Crippen LogP contribution in [0.15, 0.2) is 0 Å². The Morgan fingerprint density at radius 1 is 0.269 bits per heavy atom. The Hall–Kier alpha value is -1.94. The Bertz CT molecular complexity index is 2080. The molecule has 0 aliphatic carbocycles. The largest absolute Gasteiger partial charge is 0.472 e. The van der Waals surface area contributed by atoms with E-state index in [4.69, 9.17) is 37.0 Å². The smallest absolute Gasteiger partial charge is 0.462 e. The third-order valence-electron chi connectivity index (χ3n) is 21.6. The molecule has 0 radical (unpaired) electrons. The van der Waals surface area contributed by atoms with Gasteiger partial charge in [0.05, 0.1) is 26.4 Å². The molecule has 0 heterocycles. The van der Waals surface area contributed by atoms with Crippen LogP contribution in [0.2, 0.25) is 0 Å². The summed E-state index contributed by atoms with van der Waals surface area (Å²) in [6.07, 6.45) is 71.3. The Balaban J connectivity index is 5.09. The van der Waals surface area contributed by atoms with E-state index in [1.165, 1.54) is 276 Å². The predicted octanol–water partition coefficient (Wildman–Crippen LogP) is 27.3. The monoisotopic (exact) mass is 1580 g/mol. The van der Waals surface area contributed by atoms with Crippen molar-refractivity contribution in [3.63, 3.8) is 0 Å². The second-order valence-electron chi connectivity index (χ2n) is 32.9. The average Bonchev–Trinajstić information content (AvgIpc) is 0.899. The molecule has 17 nitrogen and oxygen atoms in total. The van der Waals surface area contributed by atoms with Gasteiger partial charge in [0, 0.05) is 25.7 Å². The summed E-state index contributed by atoms with van der Waals surface area (Å²) in [5.41, 5.74) is 0. The molecule has 0 aliphatic heterocycles. The summed E-state index contributed by atoms with van der Waals surface area (Å²) in [7, 11) is -9.92. The number of hydrogen-bond donors (Lipinski definition) is 3. The fourth-order valence-corrected chi connectivity index (χ4v) is 15.4. The van der Waals surface area contributed by atoms with Gasteiger partial charge in [-0.2, -0.15) is 0 Å². The van der Waals surface area contributed by atoms with Crippen LogP contribution in [0.4, 0.5) is 0 Å². The van der Waals surface area contributed by atoms with Crippen LogP contribution in [0.1, 0.15) is 472 Å². The van der Waals surface area contributed by atoms with Crippen molar-refractivity contribution in [1.29, 1.82) is 0 Å². The molecule has 0 aliphatic rings. The number of phosphoric ester groups is 2. The van der Waals surface area contributed by atoms with Gasteiger partial charge in [0.1, 0.15) is 19.3 Å². The lowest BCUT2D eigenvalue weighted by Gasteiger charge is -2.21. The highest BCUT2D eigenvalue weighted by Crippen LogP contribution is 2.45. The number of carbonyl (C=O) groups excluding carboxylic acids is 4. The van der Waals surface area contributed by atoms with Crippen molar-refractivity contribution in [2.75, 3.05) is 39.6 Å². The van der Waals surface area contributed by atoms with Crippen molar-refractivity contribution in [1.82, 2.24) is 0 Å². The molecule has 19 heteroatoms. The number of carbonyl (C=O) groups is 4. The van der Waals surface area contributed by atoms with Crippen molar-refractivity contribution in [2.45, 2.75) is 491 Å². The molecule has 0 rings (SSSR count). The number of ether oxygens (including phenoxy) is 4. The first kappa shape index (κ1) is 106. The molecule has 0 saturated heterocycles. The van der Waals surface area contributed by atoms with Gasteiger partial charge in [-0.25, -0.2) is 9.13 Å². The predicted molar refractivity (Wildman–Crippen MR) is 446 cm³/mol. The second-order valence-corrected chi connectivity index (χ2v) is 35.9. The Kier molecular flexibility index (Phi) is 77.5. The van der Waals surface area contributed by atoms with E-state index in [1.807, 2.05) is 0 Å². The Morgan fingerprint density at radius 2 is 0.472 bits per heavy atom. The van der Waals surface area contributed by atoms with E-state index in [0.717, 1.165) is 114 Å². The lowest BCUT2D eigenvalue weighted by molar-refractivity contribution is -0.161. The maximum atomic E-state index is 13.2. The fraction of sp³-hybridized carbons (Fsp3) is 0.955. The molecule has 0 bridgehead atoms. The summed E-state index contributed by atoms with van der Waals surface area (Å²) in [6.45, 7) is 12.1. The molecule has 0 amide bonds. The number of aliphatic hydroxyl groups excluding tert-OH is 1. The molecule has 0 spiro atoms. The Morgan fingerprint density at radius 3 is 0.704 bits per heavy atom.